The zero-order valence-electron chi connectivity index (χ0n) is 68.7. The van der Waals surface area contributed by atoms with E-state index in [1.807, 2.05) is 42.6 Å². The van der Waals surface area contributed by atoms with E-state index in [0.29, 0.717) is 81.8 Å². The average molecular weight is 1750 g/mol. The summed E-state index contributed by atoms with van der Waals surface area (Å²) in [6, 6.07) is 35.4. The van der Waals surface area contributed by atoms with E-state index in [2.05, 4.69) is 88.6 Å². The number of nitrogens with one attached hydrogen (secondary N) is 4. The van der Waals surface area contributed by atoms with Gasteiger partial charge >= 0.3 is 0 Å². The molecule has 8 aromatic carbocycles. The van der Waals surface area contributed by atoms with Gasteiger partial charge in [-0.1, -0.05) is 62.5 Å². The highest BCUT2D eigenvalue weighted by molar-refractivity contribution is 6.36. The molecule has 0 radical (unpaired) electrons. The first-order valence-electron chi connectivity index (χ1n) is 42.5. The smallest absolute Gasteiger partial charge is 0.179 e. The zero-order valence-corrected chi connectivity index (χ0v) is 70.9. The molecule has 13 nitrogen and oxygen atoms in total. The van der Waals surface area contributed by atoms with Crippen LogP contribution >= 0.6 is 34.8 Å². The molecule has 4 N–H and O–H groups in total. The van der Waals surface area contributed by atoms with Crippen LogP contribution in [0, 0.1) is 81.8 Å². The van der Waals surface area contributed by atoms with Gasteiger partial charge in [0.1, 0.15) is 89.8 Å². The molecule has 0 aliphatic heterocycles. The number of fused-ring (bicyclic) bond motifs is 8. The lowest BCUT2D eigenvalue weighted by atomic mass is 9.73. The van der Waals surface area contributed by atoms with Gasteiger partial charge in [0.2, 0.25) is 0 Å². The van der Waals surface area contributed by atoms with Crippen LogP contribution in [0.5, 0.6) is 0 Å². The monoisotopic (exact) mass is 1740 g/mol. The minimum absolute atomic E-state index is 0.0542. The molecule has 8 aromatic heterocycles. The van der Waals surface area contributed by atoms with Crippen LogP contribution in [0.1, 0.15) is 241 Å². The van der Waals surface area contributed by atoms with Crippen LogP contribution in [-0.2, 0) is 0 Å². The van der Waals surface area contributed by atoms with Crippen molar-refractivity contribution in [3.8, 4) is 0 Å². The van der Waals surface area contributed by atoms with Crippen LogP contribution in [0.15, 0.2) is 158 Å². The molecule has 8 heterocycles. The lowest BCUT2D eigenvalue weighted by molar-refractivity contribution is 0.101. The van der Waals surface area contributed by atoms with Crippen LogP contribution in [0.25, 0.3) is 87.7 Å². The Hall–Kier alpha value is -10.9. The van der Waals surface area contributed by atoms with Crippen LogP contribution < -0.4 is 0 Å². The Bertz CT molecular complexity index is 6500. The van der Waals surface area contributed by atoms with Gasteiger partial charge in [0.25, 0.3) is 0 Å². The third-order valence-electron chi connectivity index (χ3n) is 27.1. The Morgan fingerprint density at radius 1 is 0.323 bits per heavy atom. The van der Waals surface area contributed by atoms with Crippen molar-refractivity contribution in [3.05, 3.63) is 283 Å². The molecule has 0 bridgehead atoms. The van der Waals surface area contributed by atoms with Crippen molar-refractivity contribution in [2.45, 2.75) is 185 Å². The lowest BCUT2D eigenvalue weighted by Crippen LogP contribution is -2.19. The quantitative estimate of drug-likeness (QED) is 0.0378. The summed E-state index contributed by atoms with van der Waals surface area (Å²) in [5, 5.41) is 3.02. The number of hydrogen-bond donors (Lipinski definition) is 4. The van der Waals surface area contributed by atoms with E-state index < -0.39 is 34.9 Å². The van der Waals surface area contributed by atoms with E-state index in [-0.39, 0.29) is 89.5 Å². The average Bonchev–Trinajstić information content (AvgIpc) is 1.66. The summed E-state index contributed by atoms with van der Waals surface area (Å²) in [5.74, 6) is 0.608. The highest BCUT2D eigenvalue weighted by Crippen LogP contribution is 2.49. The van der Waals surface area contributed by atoms with Crippen molar-refractivity contribution in [2.75, 3.05) is 0 Å². The summed E-state index contributed by atoms with van der Waals surface area (Å²) < 4.78 is 139. The first-order chi connectivity index (χ1) is 59.7. The van der Waals surface area contributed by atoms with Gasteiger partial charge in [-0.25, -0.2) is 63.8 Å². The number of halogens is 13. The second-order valence-corrected chi connectivity index (χ2v) is 35.4. The molecule has 0 amide bonds. The number of H-pyrrole nitrogens is 4. The molecular weight excluding hydrogens is 1660 g/mol. The van der Waals surface area contributed by atoms with Gasteiger partial charge in [-0.3, -0.25) is 24.7 Å². The number of Topliss-reactive ketones (excluding diaryl/α,β-unsaturated/α-hetero) is 1. The van der Waals surface area contributed by atoms with Gasteiger partial charge in [-0.15, -0.1) is 0 Å². The molecule has 16 aromatic rings. The molecule has 638 valence electrons. The van der Waals surface area contributed by atoms with Crippen LogP contribution in [-0.4, -0.2) is 65.6 Å². The van der Waals surface area contributed by atoms with Gasteiger partial charge in [0.05, 0.1) is 49.7 Å². The standard InChI is InChI=1S/C26H26FN3O.3C24H21ClF3N3/c1-15(26-29-24-9-7-19(16(2)31)13-25(24)30-26)17-3-5-18(6-4-17)21-11-12-28-23-10-8-20(27)14-22(21)23;2*1-12(24-30-22-19(28)11-18(27)21(25)23(22)31-24)13-2-4-14(5-3-13)16-8-9-29-20-7-6-15(26)10-17(16)20;1-12(24-30-20-11-18(27)22(28)21(25)23(20)31-24)13-2-4-14(5-3-13)16-8-9-29-19-7-6-15(26)10-17(16)19/h7-15,17-18H,3-6H2,1-2H3,(H,29,30);3*6-14H,2-5H2,1H3,(H,30,31)/t15-,17?,18?;2*12-,13?,14?;/m110./s1. The van der Waals surface area contributed by atoms with E-state index in [0.717, 1.165) is 198 Å². The van der Waals surface area contributed by atoms with Gasteiger partial charge < -0.3 is 19.9 Å². The van der Waals surface area contributed by atoms with Crippen molar-refractivity contribution >= 4 is 128 Å². The number of rotatable bonds is 13. The van der Waals surface area contributed by atoms with Gasteiger partial charge in [-0.2, -0.15) is 0 Å². The Morgan fingerprint density at radius 2 is 0.629 bits per heavy atom. The second kappa shape index (κ2) is 36.0. The molecule has 124 heavy (non-hydrogen) atoms. The fourth-order valence-corrected chi connectivity index (χ4v) is 20.6. The molecule has 26 heteroatoms. The lowest BCUT2D eigenvalue weighted by Gasteiger charge is -2.32. The maximum atomic E-state index is 14.1. The number of carbonyl (C=O) groups excluding carboxylic acids is 1. The van der Waals surface area contributed by atoms with E-state index in [1.165, 1.54) is 29.8 Å². The Labute approximate surface area is 723 Å². The van der Waals surface area contributed by atoms with Crippen molar-refractivity contribution in [1.82, 2.24) is 59.8 Å². The minimum atomic E-state index is -1.07. The van der Waals surface area contributed by atoms with Gasteiger partial charge in [-0.05, 0) is 295 Å². The zero-order chi connectivity index (χ0) is 86.6. The number of aromatic amines is 4. The number of nitrogens with zero attached hydrogens (tertiary/aromatic N) is 8. The van der Waals surface area contributed by atoms with E-state index in [9.17, 15) is 48.7 Å². The van der Waals surface area contributed by atoms with Gasteiger partial charge in [0.15, 0.2) is 29.1 Å². The molecule has 20 rings (SSSR count). The highest BCUT2D eigenvalue weighted by atomic mass is 35.5. The molecule has 4 aliphatic rings. The second-order valence-electron chi connectivity index (χ2n) is 34.3. The number of aromatic nitrogens is 12. The first kappa shape index (κ1) is 85.3. The van der Waals surface area contributed by atoms with Gasteiger partial charge in [0, 0.05) is 93.8 Å². The van der Waals surface area contributed by atoms with Crippen molar-refractivity contribution in [1.29, 1.82) is 0 Å². The predicted molar refractivity (Wildman–Crippen MR) is 468 cm³/mol. The van der Waals surface area contributed by atoms with Crippen LogP contribution in [0.3, 0.4) is 0 Å². The number of carbonyl (C=O) groups is 1. The van der Waals surface area contributed by atoms with Crippen molar-refractivity contribution < 1.29 is 48.7 Å². The summed E-state index contributed by atoms with van der Waals surface area (Å²) in [7, 11) is 0. The Morgan fingerprint density at radius 3 is 0.968 bits per heavy atom. The normalized spacial score (nSPS) is 20.4. The van der Waals surface area contributed by atoms with E-state index in [4.69, 9.17) is 39.8 Å². The first-order valence-corrected chi connectivity index (χ1v) is 43.7. The van der Waals surface area contributed by atoms with E-state index >= 15 is 0 Å². The molecular formula is C98H89Cl3F10N12O. The summed E-state index contributed by atoms with van der Waals surface area (Å²) in [5.41, 5.74) is 11.7. The number of benzene rings is 8. The molecule has 4 saturated carbocycles. The molecule has 4 fully saturated rings. The number of ketones is 1. The van der Waals surface area contributed by atoms with Crippen molar-refractivity contribution in [3.63, 3.8) is 0 Å². The summed E-state index contributed by atoms with van der Waals surface area (Å²) in [6.07, 6.45) is 23.3. The summed E-state index contributed by atoms with van der Waals surface area (Å²) >= 11 is 18.0. The fourth-order valence-electron chi connectivity index (χ4n) is 20.0. The molecule has 4 aliphatic carbocycles. The Balaban J connectivity index is 0.000000117. The minimum Gasteiger partial charge on any atom is -0.342 e. The topological polar surface area (TPSA) is 183 Å². The van der Waals surface area contributed by atoms with Crippen LogP contribution in [0.4, 0.5) is 43.9 Å². The number of pyridine rings is 4. The van der Waals surface area contributed by atoms with E-state index in [1.54, 1.807) is 74.0 Å². The number of hydrogen-bond acceptors (Lipinski definition) is 9. The Kier molecular flexibility index (Phi) is 24.8. The molecule has 1 unspecified atom stereocenters. The molecule has 0 spiro atoms. The molecule has 4 atom stereocenters. The van der Waals surface area contributed by atoms with Crippen molar-refractivity contribution in [2.24, 2.45) is 23.7 Å². The fraction of sp³-hybridized carbons (Fsp3) is 0.337. The predicted octanol–water partition coefficient (Wildman–Crippen LogP) is 28.3. The summed E-state index contributed by atoms with van der Waals surface area (Å²) in [4.78, 5) is 59.8. The maximum Gasteiger partial charge on any atom is 0.179 e. The third kappa shape index (κ3) is 17.4. The molecule has 0 saturated heterocycles. The maximum absolute atomic E-state index is 14.1. The highest BCUT2D eigenvalue weighted by Gasteiger charge is 2.36. The summed E-state index contributed by atoms with van der Waals surface area (Å²) in [6.45, 7) is 10.0. The van der Waals surface area contributed by atoms with Crippen LogP contribution in [0.2, 0.25) is 15.1 Å². The number of imidazole rings is 4. The third-order valence-corrected chi connectivity index (χ3v) is 28.2. The largest absolute Gasteiger partial charge is 0.342 e. The SMILES string of the molecule is CC(=O)c1ccc2nc([C@H](C)C3CCC(c4ccnc5ccc(F)cc45)CC3)[nH]c2c1.CC(c1nc2c(Cl)c(F)c(F)cc2[nH]1)C1CCC(c2ccnc3ccc(F)cc23)CC1.C[C@@H](c1nc2c(F)cc(F)c(Cl)c2[nH]1)C1CCC(c2ccnc3ccc(F)cc23)CC1.C[C@H](c1nc2c(F)cc(F)c(Cl)c2[nH]1)C1CCC(c2ccnc3ccc(F)cc23)CC1.